The predicted molar refractivity (Wildman–Crippen MR) is 72.1 cm³/mol. The van der Waals surface area contributed by atoms with Gasteiger partial charge in [-0.15, -0.1) is 0 Å². The second-order valence-electron chi connectivity index (χ2n) is 4.66. The van der Waals surface area contributed by atoms with Crippen LogP contribution in [-0.4, -0.2) is 23.2 Å². The Balaban J connectivity index is 2.41. The van der Waals surface area contributed by atoms with E-state index in [9.17, 15) is 12.8 Å². The van der Waals surface area contributed by atoms with Gasteiger partial charge in [-0.1, -0.05) is 0 Å². The highest BCUT2D eigenvalue weighted by atomic mass is 32.2. The Morgan fingerprint density at radius 3 is 2.75 bits per heavy atom. The lowest BCUT2D eigenvalue weighted by molar-refractivity contribution is 0.510. The van der Waals surface area contributed by atoms with Crippen molar-refractivity contribution >= 4 is 15.5 Å². The second-order valence-corrected chi connectivity index (χ2v) is 6.61. The molecule has 0 spiro atoms. The Morgan fingerprint density at radius 1 is 1.40 bits per heavy atom. The molecule has 2 rings (SSSR count). The van der Waals surface area contributed by atoms with Gasteiger partial charge in [-0.3, -0.25) is 0 Å². The lowest BCUT2D eigenvalue weighted by Gasteiger charge is -2.11. The van der Waals surface area contributed by atoms with Gasteiger partial charge in [-0.2, -0.15) is 5.10 Å². The molecule has 2 aromatic rings. The van der Waals surface area contributed by atoms with E-state index in [1.807, 2.05) is 13.8 Å². The molecule has 6 nitrogen and oxygen atoms in total. The van der Waals surface area contributed by atoms with Crippen molar-refractivity contribution in [1.82, 2.24) is 14.8 Å². The van der Waals surface area contributed by atoms with E-state index in [0.717, 1.165) is 12.1 Å². The van der Waals surface area contributed by atoms with Crippen molar-refractivity contribution in [1.29, 1.82) is 0 Å². The monoisotopic (exact) mass is 298 g/mol. The highest BCUT2D eigenvalue weighted by molar-refractivity contribution is 7.90. The number of nitrogens with zero attached hydrogens (tertiary/aromatic N) is 3. The minimum Gasteiger partial charge on any atom is -0.398 e. The van der Waals surface area contributed by atoms with Crippen LogP contribution in [-0.2, 0) is 15.6 Å². The first-order valence-corrected chi connectivity index (χ1v) is 7.62. The average molecular weight is 298 g/mol. The molecule has 108 valence electrons. The minimum absolute atomic E-state index is 0.0158. The maximum absolute atomic E-state index is 13.2. The molecular formula is C12H15FN4O2S. The normalized spacial score (nSPS) is 12.0. The van der Waals surface area contributed by atoms with Gasteiger partial charge in [0.25, 0.3) is 0 Å². The lowest BCUT2D eigenvalue weighted by Crippen LogP contribution is -2.14. The molecule has 0 radical (unpaired) electrons. The van der Waals surface area contributed by atoms with Crippen molar-refractivity contribution in [3.63, 3.8) is 0 Å². The highest BCUT2D eigenvalue weighted by Crippen LogP contribution is 2.23. The van der Waals surface area contributed by atoms with Crippen LogP contribution >= 0.6 is 0 Å². The van der Waals surface area contributed by atoms with E-state index in [-0.39, 0.29) is 22.4 Å². The first-order chi connectivity index (χ1) is 9.31. The van der Waals surface area contributed by atoms with Crippen molar-refractivity contribution in [3.8, 4) is 0 Å². The molecule has 0 atom stereocenters. The van der Waals surface area contributed by atoms with E-state index < -0.39 is 15.7 Å². The number of hydrogen-bond acceptors (Lipinski definition) is 5. The van der Waals surface area contributed by atoms with Crippen LogP contribution in [0.1, 0.15) is 25.7 Å². The standard InChI is InChI=1S/C12H15FN4O2S/c1-8(2)17-12(15-7-16-17)6-20(18,19)11-5-9(13)3-4-10(11)14/h3-5,7-8H,6,14H2,1-2H3. The molecular weight excluding hydrogens is 283 g/mol. The number of hydrogen-bond donors (Lipinski definition) is 1. The van der Waals surface area contributed by atoms with Crippen LogP contribution in [0.15, 0.2) is 29.4 Å². The molecule has 20 heavy (non-hydrogen) atoms. The fourth-order valence-corrected chi connectivity index (χ4v) is 3.26. The zero-order valence-electron chi connectivity index (χ0n) is 11.1. The van der Waals surface area contributed by atoms with Gasteiger partial charge in [-0.25, -0.2) is 22.5 Å². The lowest BCUT2D eigenvalue weighted by atomic mass is 10.3. The largest absolute Gasteiger partial charge is 0.398 e. The fourth-order valence-electron chi connectivity index (χ4n) is 1.83. The summed E-state index contributed by atoms with van der Waals surface area (Å²) in [6, 6.07) is 3.24. The van der Waals surface area contributed by atoms with E-state index in [1.165, 1.54) is 17.1 Å². The molecule has 0 amide bonds. The Morgan fingerprint density at radius 2 is 2.10 bits per heavy atom. The van der Waals surface area contributed by atoms with Gasteiger partial charge in [0.2, 0.25) is 0 Å². The number of sulfone groups is 1. The fraction of sp³-hybridized carbons (Fsp3) is 0.333. The molecule has 0 saturated carbocycles. The highest BCUT2D eigenvalue weighted by Gasteiger charge is 2.22. The van der Waals surface area contributed by atoms with Gasteiger partial charge in [-0.05, 0) is 32.0 Å². The van der Waals surface area contributed by atoms with E-state index in [0.29, 0.717) is 5.82 Å². The quantitative estimate of drug-likeness (QED) is 0.865. The van der Waals surface area contributed by atoms with E-state index in [1.54, 1.807) is 0 Å². The zero-order chi connectivity index (χ0) is 14.9. The average Bonchev–Trinajstić information content (AvgIpc) is 2.79. The number of rotatable bonds is 4. The van der Waals surface area contributed by atoms with Crippen molar-refractivity contribution in [2.24, 2.45) is 0 Å². The van der Waals surface area contributed by atoms with Gasteiger partial charge >= 0.3 is 0 Å². The minimum atomic E-state index is -3.78. The van der Waals surface area contributed by atoms with Crippen molar-refractivity contribution < 1.29 is 12.8 Å². The summed E-state index contributed by atoms with van der Waals surface area (Å²) in [5.41, 5.74) is 5.63. The molecule has 0 bridgehead atoms. The molecule has 8 heteroatoms. The molecule has 0 aliphatic heterocycles. The molecule has 0 fully saturated rings. The number of benzene rings is 1. The number of nitrogen functional groups attached to an aromatic ring is 1. The van der Waals surface area contributed by atoms with Gasteiger partial charge < -0.3 is 5.73 Å². The summed E-state index contributed by atoms with van der Waals surface area (Å²) < 4.78 is 39.4. The number of anilines is 1. The molecule has 1 aromatic heterocycles. The summed E-state index contributed by atoms with van der Waals surface area (Å²) in [5, 5.41) is 3.97. The van der Waals surface area contributed by atoms with Crippen LogP contribution in [0, 0.1) is 5.82 Å². The van der Waals surface area contributed by atoms with Crippen molar-refractivity contribution in [3.05, 3.63) is 36.2 Å². The Kier molecular flexibility index (Phi) is 3.76. The van der Waals surface area contributed by atoms with Gasteiger partial charge in [0, 0.05) is 6.04 Å². The third-order valence-corrected chi connectivity index (χ3v) is 4.43. The number of halogens is 1. The smallest absolute Gasteiger partial charge is 0.187 e. The van der Waals surface area contributed by atoms with Gasteiger partial charge in [0.1, 0.15) is 23.7 Å². The Bertz CT molecular complexity index is 725. The molecule has 0 saturated heterocycles. The van der Waals surface area contributed by atoms with Crippen LogP contribution in [0.5, 0.6) is 0 Å². The third kappa shape index (κ3) is 2.79. The van der Waals surface area contributed by atoms with Crippen LogP contribution in [0.3, 0.4) is 0 Å². The van der Waals surface area contributed by atoms with Crippen LogP contribution in [0.2, 0.25) is 0 Å². The Labute approximate surface area is 116 Å². The molecule has 0 aliphatic rings. The summed E-state index contributed by atoms with van der Waals surface area (Å²) in [7, 11) is -3.78. The van der Waals surface area contributed by atoms with Crippen LogP contribution in [0.25, 0.3) is 0 Å². The van der Waals surface area contributed by atoms with Crippen molar-refractivity contribution in [2.75, 3.05) is 5.73 Å². The summed E-state index contributed by atoms with van der Waals surface area (Å²) >= 11 is 0. The number of nitrogens with two attached hydrogens (primary N) is 1. The second kappa shape index (κ2) is 5.20. The first-order valence-electron chi connectivity index (χ1n) is 5.97. The number of aromatic nitrogens is 3. The maximum atomic E-state index is 13.2. The van der Waals surface area contributed by atoms with Gasteiger partial charge in [0.05, 0.1) is 10.6 Å². The summed E-state index contributed by atoms with van der Waals surface area (Å²) in [6.07, 6.45) is 1.29. The molecule has 1 aromatic carbocycles. The van der Waals surface area contributed by atoms with Gasteiger partial charge in [0.15, 0.2) is 9.84 Å². The first kappa shape index (κ1) is 14.4. The SMILES string of the molecule is CC(C)n1ncnc1CS(=O)(=O)c1cc(F)ccc1N. The van der Waals surface area contributed by atoms with Crippen molar-refractivity contribution in [2.45, 2.75) is 30.5 Å². The predicted octanol–water partition coefficient (Wildman–Crippen LogP) is 1.55. The van der Waals surface area contributed by atoms with E-state index in [4.69, 9.17) is 5.73 Å². The summed E-state index contributed by atoms with van der Waals surface area (Å²) in [6.45, 7) is 3.72. The molecule has 0 aliphatic carbocycles. The molecule has 1 heterocycles. The van der Waals surface area contributed by atoms with E-state index in [2.05, 4.69) is 10.1 Å². The maximum Gasteiger partial charge on any atom is 0.187 e. The third-order valence-electron chi connectivity index (χ3n) is 2.77. The molecule has 2 N–H and O–H groups in total. The zero-order valence-corrected chi connectivity index (χ0v) is 11.9. The topological polar surface area (TPSA) is 90.9 Å². The van der Waals surface area contributed by atoms with Crippen LogP contribution < -0.4 is 5.73 Å². The molecule has 0 unspecified atom stereocenters. The summed E-state index contributed by atoms with van der Waals surface area (Å²) in [4.78, 5) is 3.71. The Hall–Kier alpha value is -1.96. The summed E-state index contributed by atoms with van der Waals surface area (Å²) in [5.74, 6) is -0.731. The van der Waals surface area contributed by atoms with E-state index >= 15 is 0 Å². The van der Waals surface area contributed by atoms with Crippen LogP contribution in [0.4, 0.5) is 10.1 Å².